The number of aryl methyl sites for hydroxylation is 1. The summed E-state index contributed by atoms with van der Waals surface area (Å²) < 4.78 is 11.1. The average Bonchev–Trinajstić information content (AvgIpc) is 2.39. The van der Waals surface area contributed by atoms with Crippen LogP contribution in [0.5, 0.6) is 5.75 Å². The van der Waals surface area contributed by atoms with E-state index in [0.717, 1.165) is 45.2 Å². The Hall–Kier alpha value is -1.10. The van der Waals surface area contributed by atoms with Crippen LogP contribution in [0.3, 0.4) is 0 Å². The third kappa shape index (κ3) is 3.51. The van der Waals surface area contributed by atoms with Gasteiger partial charge in [0, 0.05) is 32.7 Å². The van der Waals surface area contributed by atoms with E-state index in [0.29, 0.717) is 6.04 Å². The van der Waals surface area contributed by atoms with Gasteiger partial charge in [0.05, 0.1) is 19.3 Å². The summed E-state index contributed by atoms with van der Waals surface area (Å²) in [4.78, 5) is 5.05. The van der Waals surface area contributed by atoms with Gasteiger partial charge in [-0.15, -0.1) is 0 Å². The van der Waals surface area contributed by atoms with E-state index in [-0.39, 0.29) is 0 Å². The van der Waals surface area contributed by atoms with Crippen molar-refractivity contribution in [2.45, 2.75) is 13.0 Å². The van der Waals surface area contributed by atoms with Crippen LogP contribution in [0.2, 0.25) is 0 Å². The molecule has 110 valence electrons. The second-order valence-electron chi connectivity index (χ2n) is 5.73. The van der Waals surface area contributed by atoms with E-state index in [2.05, 4.69) is 28.9 Å². The highest BCUT2D eigenvalue weighted by molar-refractivity contribution is 5.27. The van der Waals surface area contributed by atoms with E-state index in [4.69, 9.17) is 9.47 Å². The Bertz CT molecular complexity index is 426. The first-order valence-electron chi connectivity index (χ1n) is 7.55. The lowest BCUT2D eigenvalue weighted by molar-refractivity contribution is -0.0772. The minimum Gasteiger partial charge on any atom is -0.492 e. The van der Waals surface area contributed by atoms with E-state index in [1.165, 1.54) is 18.7 Å². The molecule has 2 aliphatic heterocycles. The molecule has 4 heteroatoms. The van der Waals surface area contributed by atoms with Crippen LogP contribution in [0, 0.1) is 6.92 Å². The summed E-state index contributed by atoms with van der Waals surface area (Å²) in [5, 5.41) is 0. The number of nitrogens with zero attached hydrogens (tertiary/aromatic N) is 2. The summed E-state index contributed by atoms with van der Waals surface area (Å²) in [5.41, 5.74) is 1.25. The van der Waals surface area contributed by atoms with Gasteiger partial charge in [0.2, 0.25) is 0 Å². The summed E-state index contributed by atoms with van der Waals surface area (Å²) in [6, 6.07) is 8.94. The normalized spacial score (nSPS) is 21.6. The van der Waals surface area contributed by atoms with Crippen LogP contribution in [-0.2, 0) is 4.74 Å². The molecule has 0 spiro atoms. The fourth-order valence-electron chi connectivity index (χ4n) is 2.78. The maximum absolute atomic E-state index is 5.82. The second kappa shape index (κ2) is 6.57. The topological polar surface area (TPSA) is 24.9 Å². The van der Waals surface area contributed by atoms with Crippen LogP contribution in [0.1, 0.15) is 5.56 Å². The highest BCUT2D eigenvalue weighted by Crippen LogP contribution is 2.14. The van der Waals surface area contributed by atoms with Crippen LogP contribution in [0.4, 0.5) is 0 Å². The first-order chi connectivity index (χ1) is 9.81. The van der Waals surface area contributed by atoms with Crippen LogP contribution in [0.25, 0.3) is 0 Å². The molecule has 0 N–H and O–H groups in total. The van der Waals surface area contributed by atoms with Crippen molar-refractivity contribution >= 4 is 0 Å². The van der Waals surface area contributed by atoms with Crippen molar-refractivity contribution in [2.75, 3.05) is 52.5 Å². The standard InChI is InChI=1S/C16H24N2O2/c1-14-3-2-4-16(11-14)20-10-9-17-5-7-18(8-6-17)15-12-19-13-15/h2-4,11,15H,5-10,12-13H2,1H3. The second-order valence-corrected chi connectivity index (χ2v) is 5.73. The third-order valence-corrected chi connectivity index (χ3v) is 4.21. The highest BCUT2D eigenvalue weighted by atomic mass is 16.5. The SMILES string of the molecule is Cc1cccc(OCCN2CCN(C3COC3)CC2)c1. The number of benzene rings is 1. The van der Waals surface area contributed by atoms with E-state index in [1.807, 2.05) is 12.1 Å². The first-order valence-corrected chi connectivity index (χ1v) is 7.55. The van der Waals surface area contributed by atoms with Gasteiger partial charge in [-0.25, -0.2) is 0 Å². The molecular weight excluding hydrogens is 252 g/mol. The molecule has 2 aliphatic rings. The first kappa shape index (κ1) is 13.9. The quantitative estimate of drug-likeness (QED) is 0.811. The molecule has 4 nitrogen and oxygen atoms in total. The number of piperazine rings is 1. The molecule has 0 atom stereocenters. The Morgan fingerprint density at radius 1 is 1.20 bits per heavy atom. The van der Waals surface area contributed by atoms with Gasteiger partial charge >= 0.3 is 0 Å². The van der Waals surface area contributed by atoms with Gasteiger partial charge in [0.25, 0.3) is 0 Å². The zero-order valence-corrected chi connectivity index (χ0v) is 12.3. The molecule has 1 aromatic carbocycles. The van der Waals surface area contributed by atoms with Gasteiger partial charge in [-0.2, -0.15) is 0 Å². The van der Waals surface area contributed by atoms with Gasteiger partial charge in [-0.1, -0.05) is 12.1 Å². The lowest BCUT2D eigenvalue weighted by atomic mass is 10.2. The molecule has 2 heterocycles. The van der Waals surface area contributed by atoms with Crippen LogP contribution >= 0.6 is 0 Å². The Labute approximate surface area is 121 Å². The molecule has 0 aliphatic carbocycles. The summed E-state index contributed by atoms with van der Waals surface area (Å²) >= 11 is 0. The number of hydrogen-bond donors (Lipinski definition) is 0. The van der Waals surface area contributed by atoms with Crippen molar-refractivity contribution in [3.63, 3.8) is 0 Å². The van der Waals surface area contributed by atoms with E-state index >= 15 is 0 Å². The lowest BCUT2D eigenvalue weighted by Crippen LogP contribution is -2.56. The number of hydrogen-bond acceptors (Lipinski definition) is 4. The van der Waals surface area contributed by atoms with Crippen LogP contribution in [0.15, 0.2) is 24.3 Å². The van der Waals surface area contributed by atoms with Gasteiger partial charge < -0.3 is 9.47 Å². The van der Waals surface area contributed by atoms with Gasteiger partial charge in [-0.3, -0.25) is 9.80 Å². The Morgan fingerprint density at radius 2 is 2.00 bits per heavy atom. The maximum atomic E-state index is 5.82. The van der Waals surface area contributed by atoms with Gasteiger partial charge in [0.15, 0.2) is 0 Å². The predicted octanol–water partition coefficient (Wildman–Crippen LogP) is 1.39. The number of ether oxygens (including phenoxy) is 2. The summed E-state index contributed by atoms with van der Waals surface area (Å²) in [6.07, 6.45) is 0. The third-order valence-electron chi connectivity index (χ3n) is 4.21. The Balaban J connectivity index is 1.35. The molecule has 2 saturated heterocycles. The van der Waals surface area contributed by atoms with Crippen molar-refractivity contribution in [2.24, 2.45) is 0 Å². The summed E-state index contributed by atoms with van der Waals surface area (Å²) in [6.45, 7) is 10.4. The average molecular weight is 276 g/mol. The summed E-state index contributed by atoms with van der Waals surface area (Å²) in [5.74, 6) is 0.982. The molecular formula is C16H24N2O2. The largest absolute Gasteiger partial charge is 0.492 e. The minimum atomic E-state index is 0.681. The highest BCUT2D eigenvalue weighted by Gasteiger charge is 2.28. The van der Waals surface area contributed by atoms with Crippen LogP contribution in [-0.4, -0.2) is 68.4 Å². The zero-order chi connectivity index (χ0) is 13.8. The maximum Gasteiger partial charge on any atom is 0.119 e. The van der Waals surface area contributed by atoms with Crippen molar-refractivity contribution in [1.82, 2.24) is 9.80 Å². The minimum absolute atomic E-state index is 0.681. The zero-order valence-electron chi connectivity index (χ0n) is 12.3. The molecule has 0 unspecified atom stereocenters. The molecule has 2 fully saturated rings. The van der Waals surface area contributed by atoms with E-state index < -0.39 is 0 Å². The molecule has 3 rings (SSSR count). The molecule has 1 aromatic rings. The predicted molar refractivity (Wildman–Crippen MR) is 79.3 cm³/mol. The Kier molecular flexibility index (Phi) is 4.55. The molecule has 0 amide bonds. The fourth-order valence-corrected chi connectivity index (χ4v) is 2.78. The Morgan fingerprint density at radius 3 is 2.65 bits per heavy atom. The van der Waals surface area contributed by atoms with Gasteiger partial charge in [0.1, 0.15) is 12.4 Å². The van der Waals surface area contributed by atoms with Crippen molar-refractivity contribution in [3.8, 4) is 5.75 Å². The van der Waals surface area contributed by atoms with Gasteiger partial charge in [-0.05, 0) is 24.6 Å². The lowest BCUT2D eigenvalue weighted by Gasteiger charge is -2.42. The molecule has 0 radical (unpaired) electrons. The fraction of sp³-hybridized carbons (Fsp3) is 0.625. The summed E-state index contributed by atoms with van der Waals surface area (Å²) in [7, 11) is 0. The van der Waals surface area contributed by atoms with Crippen LogP contribution < -0.4 is 4.74 Å². The van der Waals surface area contributed by atoms with Crippen molar-refractivity contribution in [1.29, 1.82) is 0 Å². The molecule has 0 bridgehead atoms. The molecule has 0 aromatic heterocycles. The smallest absolute Gasteiger partial charge is 0.119 e. The molecule has 20 heavy (non-hydrogen) atoms. The van der Waals surface area contributed by atoms with Crippen molar-refractivity contribution in [3.05, 3.63) is 29.8 Å². The molecule has 0 saturated carbocycles. The van der Waals surface area contributed by atoms with E-state index in [9.17, 15) is 0 Å². The van der Waals surface area contributed by atoms with E-state index in [1.54, 1.807) is 0 Å². The number of rotatable bonds is 5. The monoisotopic (exact) mass is 276 g/mol. The van der Waals surface area contributed by atoms with Crippen molar-refractivity contribution < 1.29 is 9.47 Å².